The first-order valence-electron chi connectivity index (χ1n) is 5.89. The van der Waals surface area contributed by atoms with E-state index in [1.807, 2.05) is 0 Å². The van der Waals surface area contributed by atoms with Crippen molar-refractivity contribution in [2.24, 2.45) is 5.41 Å². The summed E-state index contributed by atoms with van der Waals surface area (Å²) in [4.78, 5) is 0. The standard InChI is InChI=1S/C11H25OSi.Li/c1-7-8-9-12-13-11(5,6)10(2,3)4;/h1,7-9,13H2,2-6H3;. The van der Waals surface area contributed by atoms with E-state index in [4.69, 9.17) is 4.43 Å². The zero-order valence-electron chi connectivity index (χ0n) is 10.9. The average molecular weight is 208 g/mol. The molecule has 1 nitrogen and oxygen atoms in total. The molecule has 0 unspecified atom stereocenters. The van der Waals surface area contributed by atoms with E-state index in [0.29, 0.717) is 10.5 Å². The summed E-state index contributed by atoms with van der Waals surface area (Å²) in [5.41, 5.74) is 0.379. The van der Waals surface area contributed by atoms with Gasteiger partial charge in [-0.25, -0.2) is 0 Å². The Morgan fingerprint density at radius 1 is 1.07 bits per heavy atom. The summed E-state index contributed by atoms with van der Waals surface area (Å²) >= 11 is 2.23. The molecule has 0 amide bonds. The molecule has 0 aromatic heterocycles. The number of unbranched alkanes of at least 4 members (excludes halogenated alkanes) is 1. The molecule has 0 aromatic rings. The minimum atomic E-state index is -0.393. The van der Waals surface area contributed by atoms with Crippen LogP contribution >= 0.6 is 0 Å². The Balaban J connectivity index is 3.67. The zero-order chi connectivity index (χ0) is 11.2. The van der Waals surface area contributed by atoms with Crippen LogP contribution in [0.1, 0.15) is 47.5 Å². The SMILES string of the molecule is [Li][CH2]CCCO[SiH2]C(C)(C)C(C)(C)C. The Morgan fingerprint density at radius 2 is 1.64 bits per heavy atom. The van der Waals surface area contributed by atoms with E-state index in [1.54, 1.807) is 0 Å². The molecule has 80 valence electrons. The van der Waals surface area contributed by atoms with Gasteiger partial charge in [-0.15, -0.1) is 0 Å². The van der Waals surface area contributed by atoms with Crippen LogP contribution < -0.4 is 0 Å². The van der Waals surface area contributed by atoms with Gasteiger partial charge in [0.05, 0.1) is 0 Å². The summed E-state index contributed by atoms with van der Waals surface area (Å²) in [5, 5.41) is 1.69. The summed E-state index contributed by atoms with van der Waals surface area (Å²) in [6.07, 6.45) is 2.55. The molecule has 14 heavy (non-hydrogen) atoms. The fraction of sp³-hybridized carbons (Fsp3) is 1.00. The molecule has 0 spiro atoms. The molecule has 0 aliphatic heterocycles. The van der Waals surface area contributed by atoms with E-state index in [-0.39, 0.29) is 0 Å². The Bertz CT molecular complexity index is 152. The van der Waals surface area contributed by atoms with Crippen LogP contribution in [0.2, 0.25) is 10.1 Å². The monoisotopic (exact) mass is 208 g/mol. The molecule has 3 heteroatoms. The molecule has 0 aromatic carbocycles. The van der Waals surface area contributed by atoms with Crippen LogP contribution in [0.4, 0.5) is 0 Å². The molecule has 0 aliphatic carbocycles. The fourth-order valence-electron chi connectivity index (χ4n) is 0.998. The predicted octanol–water partition coefficient (Wildman–Crippen LogP) is 2.70. The van der Waals surface area contributed by atoms with Crippen molar-refractivity contribution in [2.75, 3.05) is 6.61 Å². The summed E-state index contributed by atoms with van der Waals surface area (Å²) in [6, 6.07) is 0. The zero-order valence-corrected chi connectivity index (χ0v) is 12.4. The van der Waals surface area contributed by atoms with Crippen molar-refractivity contribution >= 4 is 27.5 Å². The van der Waals surface area contributed by atoms with Crippen LogP contribution in [-0.4, -0.2) is 34.1 Å². The second kappa shape index (κ2) is 6.38. The van der Waals surface area contributed by atoms with E-state index in [2.05, 4.69) is 52.3 Å². The molecular weight excluding hydrogens is 183 g/mol. The van der Waals surface area contributed by atoms with Crippen LogP contribution in [0.15, 0.2) is 0 Å². The normalized spacial score (nSPS) is 14.2. The van der Waals surface area contributed by atoms with Crippen molar-refractivity contribution in [3.05, 3.63) is 0 Å². The van der Waals surface area contributed by atoms with Crippen LogP contribution in [0.5, 0.6) is 0 Å². The van der Waals surface area contributed by atoms with Crippen LogP contribution in [0.25, 0.3) is 0 Å². The van der Waals surface area contributed by atoms with Gasteiger partial charge in [0.25, 0.3) is 0 Å². The van der Waals surface area contributed by atoms with Crippen molar-refractivity contribution in [3.8, 4) is 0 Å². The Hall–Kier alpha value is 0.774. The van der Waals surface area contributed by atoms with Crippen molar-refractivity contribution in [1.29, 1.82) is 0 Å². The average Bonchev–Trinajstić information content (AvgIpc) is 2.02. The van der Waals surface area contributed by atoms with Gasteiger partial charge in [-0.1, -0.05) is 0 Å². The van der Waals surface area contributed by atoms with Crippen molar-refractivity contribution in [2.45, 2.75) is 57.6 Å². The first kappa shape index (κ1) is 14.8. The second-order valence-corrected chi connectivity index (χ2v) is 8.36. The maximum absolute atomic E-state index is 5.87. The molecule has 0 atom stereocenters. The maximum atomic E-state index is 5.87. The number of hydrogen-bond acceptors (Lipinski definition) is 1. The third-order valence-corrected chi connectivity index (χ3v) is 5.66. The van der Waals surface area contributed by atoms with E-state index in [0.717, 1.165) is 6.61 Å². The number of hydrogen-bond donors (Lipinski definition) is 0. The van der Waals surface area contributed by atoms with Crippen molar-refractivity contribution < 1.29 is 4.43 Å². The topological polar surface area (TPSA) is 9.23 Å². The summed E-state index contributed by atoms with van der Waals surface area (Å²) < 4.78 is 5.87. The predicted molar refractivity (Wildman–Crippen MR) is 67.8 cm³/mol. The van der Waals surface area contributed by atoms with Crippen LogP contribution in [0, 0.1) is 5.41 Å². The molecule has 0 aliphatic rings. The first-order chi connectivity index (χ1) is 6.31. The van der Waals surface area contributed by atoms with E-state index >= 15 is 0 Å². The molecule has 0 radical (unpaired) electrons. The summed E-state index contributed by atoms with van der Waals surface area (Å²) in [6.45, 7) is 12.6. The minimum absolute atomic E-state index is 0.379. The molecule has 0 saturated heterocycles. The van der Waals surface area contributed by atoms with Gasteiger partial charge in [0, 0.05) is 0 Å². The third-order valence-electron chi connectivity index (χ3n) is 3.39. The van der Waals surface area contributed by atoms with Gasteiger partial charge < -0.3 is 0 Å². The second-order valence-electron chi connectivity index (χ2n) is 5.89. The van der Waals surface area contributed by atoms with Crippen molar-refractivity contribution in [3.63, 3.8) is 0 Å². The van der Waals surface area contributed by atoms with E-state index in [9.17, 15) is 0 Å². The van der Waals surface area contributed by atoms with Gasteiger partial charge in [0.15, 0.2) is 0 Å². The molecule has 0 N–H and O–H groups in total. The van der Waals surface area contributed by atoms with Gasteiger partial charge in [0.1, 0.15) is 0 Å². The van der Waals surface area contributed by atoms with Gasteiger partial charge in [-0.2, -0.15) is 0 Å². The van der Waals surface area contributed by atoms with Gasteiger partial charge in [-0.05, 0) is 0 Å². The summed E-state index contributed by atoms with van der Waals surface area (Å²) in [7, 11) is -0.393. The molecule has 0 bridgehead atoms. The van der Waals surface area contributed by atoms with E-state index in [1.165, 1.54) is 17.9 Å². The molecule has 0 rings (SSSR count). The molecule has 0 fully saturated rings. The fourth-order valence-corrected chi connectivity index (χ4v) is 2.29. The van der Waals surface area contributed by atoms with Gasteiger partial charge in [-0.3, -0.25) is 0 Å². The molecule has 0 saturated carbocycles. The van der Waals surface area contributed by atoms with Gasteiger partial charge in [0.2, 0.25) is 0 Å². The first-order valence-corrected chi connectivity index (χ1v) is 7.17. The van der Waals surface area contributed by atoms with Crippen molar-refractivity contribution in [1.82, 2.24) is 0 Å². The summed E-state index contributed by atoms with van der Waals surface area (Å²) in [5.74, 6) is 0. The van der Waals surface area contributed by atoms with E-state index < -0.39 is 9.76 Å². The quantitative estimate of drug-likeness (QED) is 0.482. The number of rotatable bonds is 6. The van der Waals surface area contributed by atoms with Crippen LogP contribution in [0.3, 0.4) is 0 Å². The Kier molecular flexibility index (Phi) is 6.73. The van der Waals surface area contributed by atoms with Crippen LogP contribution in [-0.2, 0) is 4.43 Å². The van der Waals surface area contributed by atoms with Gasteiger partial charge >= 0.3 is 102 Å². The molecule has 0 heterocycles. The molecular formula is C11H25LiOSi. The Labute approximate surface area is 102 Å². The Morgan fingerprint density at radius 3 is 2.07 bits per heavy atom. The third kappa shape index (κ3) is 5.61.